The van der Waals surface area contributed by atoms with Gasteiger partial charge in [-0.1, -0.05) is 100 Å². The Labute approximate surface area is 158 Å². The minimum atomic E-state index is 0.709. The maximum atomic E-state index is 8.98. The summed E-state index contributed by atoms with van der Waals surface area (Å²) in [5.41, 5.74) is 0.845. The molecule has 0 amide bonds. The molecule has 0 saturated heterocycles. The summed E-state index contributed by atoms with van der Waals surface area (Å²) in [6.07, 6.45) is 14.6. The first-order valence-corrected chi connectivity index (χ1v) is 10.2. The molecule has 3 nitrogen and oxygen atoms in total. The third-order valence-electron chi connectivity index (χ3n) is 4.87. The molecule has 2 aromatic rings. The maximum absolute atomic E-state index is 8.98. The molecule has 0 heterocycles. The standard InChI is InChI=1S/C23H33NO2/c1-2-3-4-5-6-7-8-9-10-13-18-26-23-17-16-20-14-11-12-15-21(20)22(23)19-24-25/h11-12,14-17,19,25H,2-10,13,18H2,1H3. The van der Waals surface area contributed by atoms with E-state index in [9.17, 15) is 0 Å². The van der Waals surface area contributed by atoms with E-state index < -0.39 is 0 Å². The Morgan fingerprint density at radius 1 is 0.846 bits per heavy atom. The van der Waals surface area contributed by atoms with Gasteiger partial charge in [-0.3, -0.25) is 0 Å². The van der Waals surface area contributed by atoms with Gasteiger partial charge in [-0.15, -0.1) is 0 Å². The molecule has 0 saturated carbocycles. The molecule has 0 spiro atoms. The van der Waals surface area contributed by atoms with Crippen molar-refractivity contribution in [1.82, 2.24) is 0 Å². The zero-order valence-corrected chi connectivity index (χ0v) is 16.1. The number of rotatable bonds is 13. The topological polar surface area (TPSA) is 41.8 Å². The second-order valence-electron chi connectivity index (χ2n) is 6.97. The number of benzene rings is 2. The van der Waals surface area contributed by atoms with Crippen molar-refractivity contribution in [2.24, 2.45) is 5.16 Å². The first-order chi connectivity index (χ1) is 12.9. The number of hydrogen-bond acceptors (Lipinski definition) is 3. The van der Waals surface area contributed by atoms with Crippen LogP contribution >= 0.6 is 0 Å². The number of oxime groups is 1. The molecule has 2 rings (SSSR count). The largest absolute Gasteiger partial charge is 0.493 e. The third kappa shape index (κ3) is 6.70. The summed E-state index contributed by atoms with van der Waals surface area (Å²) in [5, 5.41) is 14.4. The van der Waals surface area contributed by atoms with E-state index in [1.54, 1.807) is 0 Å². The molecular formula is C23H33NO2. The summed E-state index contributed by atoms with van der Waals surface area (Å²) in [5.74, 6) is 0.789. The number of fused-ring (bicyclic) bond motifs is 1. The van der Waals surface area contributed by atoms with E-state index >= 15 is 0 Å². The summed E-state index contributed by atoms with van der Waals surface area (Å²) >= 11 is 0. The van der Waals surface area contributed by atoms with E-state index in [0.29, 0.717) is 6.61 Å². The SMILES string of the molecule is CCCCCCCCCCCCOc1ccc2ccccc2c1C=NO. The highest BCUT2D eigenvalue weighted by atomic mass is 16.5. The van der Waals surface area contributed by atoms with Crippen LogP contribution in [-0.2, 0) is 0 Å². The Bertz CT molecular complexity index is 666. The first kappa shape index (κ1) is 20.3. The minimum Gasteiger partial charge on any atom is -0.493 e. The van der Waals surface area contributed by atoms with Crippen molar-refractivity contribution in [1.29, 1.82) is 0 Å². The Morgan fingerprint density at radius 2 is 1.50 bits per heavy atom. The lowest BCUT2D eigenvalue weighted by molar-refractivity contribution is 0.303. The second kappa shape index (κ2) is 12.3. The summed E-state index contributed by atoms with van der Waals surface area (Å²) in [7, 11) is 0. The molecule has 0 fully saturated rings. The van der Waals surface area contributed by atoms with Gasteiger partial charge >= 0.3 is 0 Å². The van der Waals surface area contributed by atoms with Crippen molar-refractivity contribution in [2.45, 2.75) is 71.1 Å². The zero-order chi connectivity index (χ0) is 18.5. The molecule has 0 atom stereocenters. The molecule has 0 aliphatic heterocycles. The molecule has 142 valence electrons. The summed E-state index contributed by atoms with van der Waals surface area (Å²) < 4.78 is 5.97. The van der Waals surface area contributed by atoms with Crippen LogP contribution in [0.1, 0.15) is 76.7 Å². The lowest BCUT2D eigenvalue weighted by Crippen LogP contribution is -2.01. The smallest absolute Gasteiger partial charge is 0.128 e. The van der Waals surface area contributed by atoms with Gasteiger partial charge in [-0.25, -0.2) is 0 Å². The normalized spacial score (nSPS) is 11.4. The van der Waals surface area contributed by atoms with Crippen LogP contribution in [0, 0.1) is 0 Å². The van der Waals surface area contributed by atoms with E-state index in [1.165, 1.54) is 64.0 Å². The molecule has 0 radical (unpaired) electrons. The fraction of sp³-hybridized carbons (Fsp3) is 0.522. The van der Waals surface area contributed by atoms with Crippen LogP contribution in [0.15, 0.2) is 41.6 Å². The van der Waals surface area contributed by atoms with Crippen molar-refractivity contribution in [3.8, 4) is 5.75 Å². The van der Waals surface area contributed by atoms with Crippen LogP contribution in [0.3, 0.4) is 0 Å². The van der Waals surface area contributed by atoms with Gasteiger partial charge < -0.3 is 9.94 Å². The van der Waals surface area contributed by atoms with E-state index in [4.69, 9.17) is 9.94 Å². The van der Waals surface area contributed by atoms with Crippen molar-refractivity contribution < 1.29 is 9.94 Å². The third-order valence-corrected chi connectivity index (χ3v) is 4.87. The van der Waals surface area contributed by atoms with Gasteiger partial charge in [0.15, 0.2) is 0 Å². The number of hydrogen-bond donors (Lipinski definition) is 1. The van der Waals surface area contributed by atoms with Gasteiger partial charge in [0.1, 0.15) is 5.75 Å². The molecule has 2 aromatic carbocycles. The van der Waals surface area contributed by atoms with Crippen molar-refractivity contribution in [3.05, 3.63) is 42.0 Å². The Balaban J connectivity index is 1.69. The fourth-order valence-corrected chi connectivity index (χ4v) is 3.36. The molecule has 3 heteroatoms. The second-order valence-corrected chi connectivity index (χ2v) is 6.97. The van der Waals surface area contributed by atoms with Gasteiger partial charge in [0.25, 0.3) is 0 Å². The van der Waals surface area contributed by atoms with Crippen LogP contribution < -0.4 is 4.74 Å². The Morgan fingerprint density at radius 3 is 2.19 bits per heavy atom. The number of ether oxygens (including phenoxy) is 1. The van der Waals surface area contributed by atoms with Gasteiger partial charge in [-0.05, 0) is 23.3 Å². The van der Waals surface area contributed by atoms with E-state index in [2.05, 4.69) is 24.2 Å². The predicted molar refractivity (Wildman–Crippen MR) is 111 cm³/mol. The van der Waals surface area contributed by atoms with Crippen LogP contribution in [0.5, 0.6) is 5.75 Å². The molecule has 26 heavy (non-hydrogen) atoms. The Kier molecular flexibility index (Phi) is 9.63. The van der Waals surface area contributed by atoms with E-state index in [1.807, 2.05) is 24.3 Å². The fourth-order valence-electron chi connectivity index (χ4n) is 3.36. The van der Waals surface area contributed by atoms with Crippen molar-refractivity contribution in [2.75, 3.05) is 6.61 Å². The van der Waals surface area contributed by atoms with Gasteiger partial charge in [0, 0.05) is 5.56 Å². The quantitative estimate of drug-likeness (QED) is 0.183. The Hall–Kier alpha value is -2.03. The minimum absolute atomic E-state index is 0.709. The molecule has 0 aliphatic rings. The molecule has 0 unspecified atom stereocenters. The average molecular weight is 356 g/mol. The molecular weight excluding hydrogens is 322 g/mol. The maximum Gasteiger partial charge on any atom is 0.128 e. The lowest BCUT2D eigenvalue weighted by Gasteiger charge is -2.11. The van der Waals surface area contributed by atoms with Gasteiger partial charge in [0.05, 0.1) is 12.8 Å². The number of unbranched alkanes of at least 4 members (excludes halogenated alkanes) is 9. The molecule has 0 aromatic heterocycles. The number of nitrogens with zero attached hydrogens (tertiary/aromatic N) is 1. The van der Waals surface area contributed by atoms with Crippen molar-refractivity contribution >= 4 is 17.0 Å². The van der Waals surface area contributed by atoms with Crippen LogP contribution in [0.25, 0.3) is 10.8 Å². The van der Waals surface area contributed by atoms with Crippen molar-refractivity contribution in [3.63, 3.8) is 0 Å². The first-order valence-electron chi connectivity index (χ1n) is 10.2. The zero-order valence-electron chi connectivity index (χ0n) is 16.1. The summed E-state index contributed by atoms with van der Waals surface area (Å²) in [6.45, 7) is 2.97. The highest BCUT2D eigenvalue weighted by Gasteiger charge is 2.07. The average Bonchev–Trinajstić information content (AvgIpc) is 2.67. The van der Waals surface area contributed by atoms with E-state index in [0.717, 1.165) is 28.5 Å². The van der Waals surface area contributed by atoms with Crippen LogP contribution in [-0.4, -0.2) is 18.0 Å². The van der Waals surface area contributed by atoms with Crippen LogP contribution in [0.2, 0.25) is 0 Å². The highest BCUT2D eigenvalue weighted by Crippen LogP contribution is 2.27. The monoisotopic (exact) mass is 355 g/mol. The van der Waals surface area contributed by atoms with Gasteiger partial charge in [0.2, 0.25) is 0 Å². The highest BCUT2D eigenvalue weighted by molar-refractivity contribution is 6.02. The molecule has 1 N–H and O–H groups in total. The summed E-state index contributed by atoms with van der Waals surface area (Å²) in [6, 6.07) is 12.1. The summed E-state index contributed by atoms with van der Waals surface area (Å²) in [4.78, 5) is 0. The predicted octanol–water partition coefficient (Wildman–Crippen LogP) is 6.95. The molecule has 0 aliphatic carbocycles. The molecule has 0 bridgehead atoms. The van der Waals surface area contributed by atoms with E-state index in [-0.39, 0.29) is 0 Å². The van der Waals surface area contributed by atoms with Gasteiger partial charge in [-0.2, -0.15) is 0 Å². The van der Waals surface area contributed by atoms with Crippen LogP contribution in [0.4, 0.5) is 0 Å². The lowest BCUT2D eigenvalue weighted by atomic mass is 10.0.